The third-order valence-corrected chi connectivity index (χ3v) is 5.35. The molecule has 0 bridgehead atoms. The second kappa shape index (κ2) is 7.09. The molecule has 1 amide bonds. The first-order valence-electron chi connectivity index (χ1n) is 8.31. The van der Waals surface area contributed by atoms with Gasteiger partial charge < -0.3 is 5.32 Å². The molecular formula is C19H16ClN5OS. The van der Waals surface area contributed by atoms with E-state index in [1.54, 1.807) is 22.2 Å². The maximum Gasteiger partial charge on any atom is 0.258 e. The van der Waals surface area contributed by atoms with Crippen LogP contribution in [0.3, 0.4) is 0 Å². The molecule has 1 N–H and O–H groups in total. The summed E-state index contributed by atoms with van der Waals surface area (Å²) in [4.78, 5) is 21.4. The number of thiazole rings is 1. The lowest BCUT2D eigenvalue weighted by molar-refractivity contribution is 0.102. The molecular weight excluding hydrogens is 382 g/mol. The Labute approximate surface area is 164 Å². The number of nitrogens with one attached hydrogen (secondary N) is 1. The number of pyridine rings is 1. The van der Waals surface area contributed by atoms with E-state index in [0.29, 0.717) is 33.9 Å². The highest BCUT2D eigenvalue weighted by atomic mass is 35.5. The fourth-order valence-corrected chi connectivity index (χ4v) is 3.79. The molecule has 0 unspecified atom stereocenters. The number of rotatable bonds is 4. The summed E-state index contributed by atoms with van der Waals surface area (Å²) >= 11 is 8.11. The average molecular weight is 398 g/mol. The van der Waals surface area contributed by atoms with Gasteiger partial charge in [-0.1, -0.05) is 29.3 Å². The summed E-state index contributed by atoms with van der Waals surface area (Å²) in [6.07, 6.45) is 3.25. The molecule has 0 spiro atoms. The van der Waals surface area contributed by atoms with Crippen molar-refractivity contribution >= 4 is 45.6 Å². The van der Waals surface area contributed by atoms with Crippen LogP contribution in [0.25, 0.3) is 11.0 Å². The molecule has 0 radical (unpaired) electrons. The van der Waals surface area contributed by atoms with Gasteiger partial charge in [-0.15, -0.1) is 11.3 Å². The molecule has 4 rings (SSSR count). The van der Waals surface area contributed by atoms with Gasteiger partial charge in [0.05, 0.1) is 28.2 Å². The molecule has 3 heterocycles. The smallest absolute Gasteiger partial charge is 0.258 e. The van der Waals surface area contributed by atoms with E-state index in [0.717, 1.165) is 16.3 Å². The number of carbonyl (C=O) groups is 1. The SMILES string of the molecule is Cc1ccc(NC(=O)c2cnc3c(c(C)nn3Cc3nccs3)c2Cl)cc1. The van der Waals surface area contributed by atoms with E-state index >= 15 is 0 Å². The fourth-order valence-electron chi connectivity index (χ4n) is 2.84. The number of aromatic nitrogens is 4. The quantitative estimate of drug-likeness (QED) is 0.551. The van der Waals surface area contributed by atoms with Crippen LogP contribution in [-0.4, -0.2) is 25.7 Å². The molecule has 136 valence electrons. The summed E-state index contributed by atoms with van der Waals surface area (Å²) < 4.78 is 1.76. The first-order valence-corrected chi connectivity index (χ1v) is 9.56. The van der Waals surface area contributed by atoms with Crippen molar-refractivity contribution in [1.29, 1.82) is 0 Å². The van der Waals surface area contributed by atoms with Crippen molar-refractivity contribution in [3.63, 3.8) is 0 Å². The Balaban J connectivity index is 1.68. The molecule has 4 aromatic rings. The van der Waals surface area contributed by atoms with Gasteiger partial charge in [0.25, 0.3) is 5.91 Å². The van der Waals surface area contributed by atoms with Gasteiger partial charge in [0.1, 0.15) is 5.01 Å². The Hall–Kier alpha value is -2.77. The van der Waals surface area contributed by atoms with Crippen LogP contribution in [-0.2, 0) is 6.54 Å². The van der Waals surface area contributed by atoms with Crippen molar-refractivity contribution < 1.29 is 4.79 Å². The molecule has 0 aliphatic rings. The molecule has 27 heavy (non-hydrogen) atoms. The molecule has 1 aromatic carbocycles. The number of benzene rings is 1. The summed E-state index contributed by atoms with van der Waals surface area (Å²) in [6, 6.07) is 7.58. The van der Waals surface area contributed by atoms with Gasteiger partial charge in [0.2, 0.25) is 0 Å². The van der Waals surface area contributed by atoms with Crippen LogP contribution >= 0.6 is 22.9 Å². The number of carbonyl (C=O) groups excluding carboxylic acids is 1. The molecule has 0 saturated carbocycles. The van der Waals surface area contributed by atoms with E-state index in [-0.39, 0.29) is 5.91 Å². The number of nitrogens with zero attached hydrogens (tertiary/aromatic N) is 4. The Morgan fingerprint density at radius 2 is 2.00 bits per heavy atom. The van der Waals surface area contributed by atoms with Gasteiger partial charge in [-0.05, 0) is 26.0 Å². The molecule has 0 atom stereocenters. The van der Waals surface area contributed by atoms with Gasteiger partial charge in [-0.2, -0.15) is 5.10 Å². The van der Waals surface area contributed by atoms with Gasteiger partial charge in [-0.25, -0.2) is 14.6 Å². The molecule has 0 fully saturated rings. The number of anilines is 1. The average Bonchev–Trinajstić information content (AvgIpc) is 3.26. The lowest BCUT2D eigenvalue weighted by Crippen LogP contribution is -2.13. The van der Waals surface area contributed by atoms with Crippen LogP contribution < -0.4 is 5.32 Å². The zero-order valence-corrected chi connectivity index (χ0v) is 16.3. The van der Waals surface area contributed by atoms with Crippen molar-refractivity contribution in [2.75, 3.05) is 5.32 Å². The molecule has 0 aliphatic carbocycles. The fraction of sp³-hybridized carbons (Fsp3) is 0.158. The minimum Gasteiger partial charge on any atom is -0.322 e. The minimum atomic E-state index is -0.301. The Bertz CT molecular complexity index is 1120. The van der Waals surface area contributed by atoms with Crippen LogP contribution in [0.2, 0.25) is 5.02 Å². The van der Waals surface area contributed by atoms with E-state index in [1.807, 2.05) is 43.5 Å². The third-order valence-electron chi connectivity index (χ3n) is 4.20. The van der Waals surface area contributed by atoms with Crippen molar-refractivity contribution in [2.45, 2.75) is 20.4 Å². The monoisotopic (exact) mass is 397 g/mol. The largest absolute Gasteiger partial charge is 0.322 e. The van der Waals surface area contributed by atoms with Crippen LogP contribution in [0.4, 0.5) is 5.69 Å². The second-order valence-electron chi connectivity index (χ2n) is 6.17. The minimum absolute atomic E-state index is 0.301. The van der Waals surface area contributed by atoms with Gasteiger partial charge >= 0.3 is 0 Å². The molecule has 8 heteroatoms. The molecule has 6 nitrogen and oxygen atoms in total. The summed E-state index contributed by atoms with van der Waals surface area (Å²) in [6.45, 7) is 4.36. The van der Waals surface area contributed by atoms with E-state index in [2.05, 4.69) is 20.4 Å². The molecule has 3 aromatic heterocycles. The predicted molar refractivity (Wildman–Crippen MR) is 108 cm³/mol. The highest BCUT2D eigenvalue weighted by Crippen LogP contribution is 2.29. The van der Waals surface area contributed by atoms with Crippen molar-refractivity contribution in [1.82, 2.24) is 19.7 Å². The lowest BCUT2D eigenvalue weighted by Gasteiger charge is -2.08. The lowest BCUT2D eigenvalue weighted by atomic mass is 10.2. The van der Waals surface area contributed by atoms with E-state index in [4.69, 9.17) is 11.6 Å². The van der Waals surface area contributed by atoms with Crippen LogP contribution in [0.5, 0.6) is 0 Å². The van der Waals surface area contributed by atoms with E-state index in [1.165, 1.54) is 6.20 Å². The zero-order valence-electron chi connectivity index (χ0n) is 14.7. The van der Waals surface area contributed by atoms with Crippen LogP contribution in [0.1, 0.15) is 26.6 Å². The number of fused-ring (bicyclic) bond motifs is 1. The summed E-state index contributed by atoms with van der Waals surface area (Å²) in [7, 11) is 0. The van der Waals surface area contributed by atoms with Crippen LogP contribution in [0.15, 0.2) is 42.0 Å². The maximum absolute atomic E-state index is 12.7. The second-order valence-corrected chi connectivity index (χ2v) is 7.53. The molecule has 0 saturated heterocycles. The number of halogens is 1. The first kappa shape index (κ1) is 17.6. The topological polar surface area (TPSA) is 72.7 Å². The summed E-state index contributed by atoms with van der Waals surface area (Å²) in [5.74, 6) is -0.301. The Morgan fingerprint density at radius 3 is 2.70 bits per heavy atom. The summed E-state index contributed by atoms with van der Waals surface area (Å²) in [5, 5.41) is 11.3. The zero-order chi connectivity index (χ0) is 19.0. The van der Waals surface area contributed by atoms with Crippen LogP contribution in [0, 0.1) is 13.8 Å². The number of amides is 1. The molecule has 0 aliphatic heterocycles. The van der Waals surface area contributed by atoms with E-state index in [9.17, 15) is 4.79 Å². The van der Waals surface area contributed by atoms with Crippen molar-refractivity contribution in [3.05, 3.63) is 68.9 Å². The highest BCUT2D eigenvalue weighted by Gasteiger charge is 2.20. The first-order chi connectivity index (χ1) is 13.0. The third kappa shape index (κ3) is 3.43. The predicted octanol–water partition coefficient (Wildman–Crippen LogP) is 4.46. The number of aryl methyl sites for hydroxylation is 2. The summed E-state index contributed by atoms with van der Waals surface area (Å²) in [5.41, 5.74) is 3.51. The van der Waals surface area contributed by atoms with Gasteiger partial charge in [0.15, 0.2) is 5.65 Å². The highest BCUT2D eigenvalue weighted by molar-refractivity contribution is 7.09. The Kier molecular flexibility index (Phi) is 4.63. The van der Waals surface area contributed by atoms with E-state index < -0.39 is 0 Å². The van der Waals surface area contributed by atoms with Gasteiger partial charge in [-0.3, -0.25) is 4.79 Å². The standard InChI is InChI=1S/C19H16ClN5OS/c1-11-3-5-13(6-4-11)23-19(26)14-9-22-18-16(17(14)20)12(2)24-25(18)10-15-21-7-8-27-15/h3-9H,10H2,1-2H3,(H,23,26). The number of hydrogen-bond donors (Lipinski definition) is 1. The van der Waals surface area contributed by atoms with Crippen molar-refractivity contribution in [2.24, 2.45) is 0 Å². The normalized spacial score (nSPS) is 11.1. The number of hydrogen-bond acceptors (Lipinski definition) is 5. The maximum atomic E-state index is 12.7. The Morgan fingerprint density at radius 1 is 1.22 bits per heavy atom. The van der Waals surface area contributed by atoms with Gasteiger partial charge in [0, 0.05) is 23.5 Å². The van der Waals surface area contributed by atoms with Crippen molar-refractivity contribution in [3.8, 4) is 0 Å².